The van der Waals surface area contributed by atoms with Crippen molar-refractivity contribution in [1.82, 2.24) is 4.98 Å². The van der Waals surface area contributed by atoms with E-state index in [4.69, 9.17) is 5.73 Å². The van der Waals surface area contributed by atoms with E-state index < -0.39 is 6.10 Å². The van der Waals surface area contributed by atoms with Crippen molar-refractivity contribution in [3.63, 3.8) is 0 Å². The number of pyridine rings is 1. The number of fused-ring (bicyclic) bond motifs is 1. The van der Waals surface area contributed by atoms with E-state index in [0.717, 1.165) is 16.3 Å². The minimum absolute atomic E-state index is 0.364. The van der Waals surface area contributed by atoms with E-state index in [2.05, 4.69) is 4.98 Å². The third-order valence-corrected chi connectivity index (χ3v) is 3.26. The molecular weight excluding hydrogens is 236 g/mol. The van der Waals surface area contributed by atoms with Crippen molar-refractivity contribution in [2.75, 3.05) is 5.73 Å². The van der Waals surface area contributed by atoms with Crippen LogP contribution in [0.2, 0.25) is 0 Å². The van der Waals surface area contributed by atoms with Gasteiger partial charge in [0.25, 0.3) is 0 Å². The molecule has 0 spiro atoms. The molecule has 0 bridgehead atoms. The molecule has 1 unspecified atom stereocenters. The first-order valence-electron chi connectivity index (χ1n) is 6.13. The van der Waals surface area contributed by atoms with E-state index in [9.17, 15) is 5.11 Å². The van der Waals surface area contributed by atoms with E-state index in [1.807, 2.05) is 42.5 Å². The van der Waals surface area contributed by atoms with Gasteiger partial charge in [-0.05, 0) is 28.5 Å². The van der Waals surface area contributed by atoms with E-state index in [1.54, 1.807) is 18.3 Å². The van der Waals surface area contributed by atoms with Gasteiger partial charge >= 0.3 is 0 Å². The molecule has 94 valence electrons. The van der Waals surface area contributed by atoms with E-state index >= 15 is 0 Å². The van der Waals surface area contributed by atoms with Crippen molar-refractivity contribution in [2.45, 2.75) is 6.10 Å². The predicted octanol–water partition coefficient (Wildman–Crippen LogP) is 2.90. The minimum Gasteiger partial charge on any atom is -0.384 e. The Kier molecular flexibility index (Phi) is 2.89. The molecular formula is C16H14N2O. The summed E-state index contributed by atoms with van der Waals surface area (Å²) < 4.78 is 0. The Balaban J connectivity index is 2.07. The van der Waals surface area contributed by atoms with E-state index in [-0.39, 0.29) is 0 Å². The number of rotatable bonds is 2. The fourth-order valence-corrected chi connectivity index (χ4v) is 2.22. The smallest absolute Gasteiger partial charge is 0.129 e. The van der Waals surface area contributed by atoms with Gasteiger partial charge in [-0.15, -0.1) is 0 Å². The SMILES string of the molecule is Nc1ncccc1C(O)c1ccc2ccccc2c1. The fraction of sp³-hybridized carbons (Fsp3) is 0.0625. The van der Waals surface area contributed by atoms with Crippen molar-refractivity contribution in [3.05, 3.63) is 71.9 Å². The van der Waals surface area contributed by atoms with Crippen LogP contribution in [0.4, 0.5) is 5.82 Å². The Bertz CT molecular complexity index is 725. The molecule has 1 heterocycles. The van der Waals surface area contributed by atoms with Gasteiger partial charge in [-0.3, -0.25) is 0 Å². The highest BCUT2D eigenvalue weighted by atomic mass is 16.3. The Morgan fingerprint density at radius 2 is 1.74 bits per heavy atom. The largest absolute Gasteiger partial charge is 0.384 e. The molecule has 19 heavy (non-hydrogen) atoms. The number of aromatic nitrogens is 1. The van der Waals surface area contributed by atoms with Crippen molar-refractivity contribution in [3.8, 4) is 0 Å². The number of nitrogens with zero attached hydrogens (tertiary/aromatic N) is 1. The molecule has 0 amide bonds. The van der Waals surface area contributed by atoms with Crippen LogP contribution in [0.25, 0.3) is 10.8 Å². The van der Waals surface area contributed by atoms with Gasteiger partial charge in [-0.1, -0.05) is 42.5 Å². The van der Waals surface area contributed by atoms with Gasteiger partial charge in [0.2, 0.25) is 0 Å². The van der Waals surface area contributed by atoms with Crippen LogP contribution in [-0.4, -0.2) is 10.1 Å². The molecule has 3 rings (SSSR count). The maximum absolute atomic E-state index is 10.4. The second kappa shape index (κ2) is 4.71. The average molecular weight is 250 g/mol. The summed E-state index contributed by atoms with van der Waals surface area (Å²) in [5, 5.41) is 12.7. The molecule has 0 saturated heterocycles. The average Bonchev–Trinajstić information content (AvgIpc) is 2.46. The number of aliphatic hydroxyl groups is 1. The maximum atomic E-state index is 10.4. The lowest BCUT2D eigenvalue weighted by atomic mass is 9.99. The van der Waals surface area contributed by atoms with Gasteiger partial charge in [0.1, 0.15) is 11.9 Å². The standard InChI is InChI=1S/C16H14N2O/c17-16-14(6-3-9-18-16)15(19)13-8-7-11-4-1-2-5-12(11)10-13/h1-10,15,19H,(H2,17,18). The third kappa shape index (κ3) is 2.16. The Morgan fingerprint density at radius 1 is 0.947 bits per heavy atom. The number of nitrogens with two attached hydrogens (primary N) is 1. The van der Waals surface area contributed by atoms with Gasteiger partial charge < -0.3 is 10.8 Å². The lowest BCUT2D eigenvalue weighted by Gasteiger charge is -2.13. The monoisotopic (exact) mass is 250 g/mol. The highest BCUT2D eigenvalue weighted by molar-refractivity contribution is 5.83. The van der Waals surface area contributed by atoms with E-state index in [0.29, 0.717) is 11.4 Å². The van der Waals surface area contributed by atoms with Crippen molar-refractivity contribution in [2.24, 2.45) is 0 Å². The van der Waals surface area contributed by atoms with Crippen LogP contribution in [0.5, 0.6) is 0 Å². The number of nitrogen functional groups attached to an aromatic ring is 1. The number of hydrogen-bond donors (Lipinski definition) is 2. The number of aliphatic hydroxyl groups excluding tert-OH is 1. The summed E-state index contributed by atoms with van der Waals surface area (Å²) in [4.78, 5) is 4.01. The highest BCUT2D eigenvalue weighted by Gasteiger charge is 2.14. The summed E-state index contributed by atoms with van der Waals surface area (Å²) in [6.45, 7) is 0. The molecule has 3 heteroatoms. The van der Waals surface area contributed by atoms with Gasteiger partial charge in [0, 0.05) is 11.8 Å². The van der Waals surface area contributed by atoms with Crippen molar-refractivity contribution in [1.29, 1.82) is 0 Å². The Labute approximate surface area is 111 Å². The molecule has 2 aromatic carbocycles. The fourth-order valence-electron chi connectivity index (χ4n) is 2.22. The lowest BCUT2D eigenvalue weighted by Crippen LogP contribution is -2.05. The molecule has 0 aliphatic heterocycles. The second-order valence-electron chi connectivity index (χ2n) is 4.49. The molecule has 0 saturated carbocycles. The minimum atomic E-state index is -0.752. The molecule has 0 fully saturated rings. The first-order valence-corrected chi connectivity index (χ1v) is 6.13. The second-order valence-corrected chi connectivity index (χ2v) is 4.49. The summed E-state index contributed by atoms with van der Waals surface area (Å²) >= 11 is 0. The zero-order chi connectivity index (χ0) is 13.2. The quantitative estimate of drug-likeness (QED) is 0.735. The maximum Gasteiger partial charge on any atom is 0.129 e. The van der Waals surface area contributed by atoms with Gasteiger partial charge in [0.05, 0.1) is 0 Å². The molecule has 3 N–H and O–H groups in total. The van der Waals surface area contributed by atoms with Crippen LogP contribution in [-0.2, 0) is 0 Å². The zero-order valence-electron chi connectivity index (χ0n) is 10.3. The van der Waals surface area contributed by atoms with Gasteiger partial charge in [-0.2, -0.15) is 0 Å². The normalized spacial score (nSPS) is 12.5. The lowest BCUT2D eigenvalue weighted by molar-refractivity contribution is 0.221. The molecule has 1 aromatic heterocycles. The summed E-state index contributed by atoms with van der Waals surface area (Å²) in [6.07, 6.45) is 0.865. The Morgan fingerprint density at radius 3 is 2.53 bits per heavy atom. The molecule has 0 aliphatic carbocycles. The number of benzene rings is 2. The van der Waals surface area contributed by atoms with Gasteiger partial charge in [0.15, 0.2) is 0 Å². The summed E-state index contributed by atoms with van der Waals surface area (Å²) in [5.41, 5.74) is 7.26. The van der Waals surface area contributed by atoms with Crippen LogP contribution in [0, 0.1) is 0 Å². The van der Waals surface area contributed by atoms with E-state index in [1.165, 1.54) is 0 Å². The third-order valence-electron chi connectivity index (χ3n) is 3.26. The first-order chi connectivity index (χ1) is 9.25. The molecule has 0 radical (unpaired) electrons. The molecule has 1 atom stereocenters. The van der Waals surface area contributed by atoms with Crippen molar-refractivity contribution < 1.29 is 5.11 Å². The van der Waals surface area contributed by atoms with Crippen molar-refractivity contribution >= 4 is 16.6 Å². The van der Waals surface area contributed by atoms with Crippen LogP contribution < -0.4 is 5.73 Å². The summed E-state index contributed by atoms with van der Waals surface area (Å²) in [7, 11) is 0. The first kappa shape index (κ1) is 11.7. The topological polar surface area (TPSA) is 59.1 Å². The number of anilines is 1. The zero-order valence-corrected chi connectivity index (χ0v) is 10.3. The highest BCUT2D eigenvalue weighted by Crippen LogP contribution is 2.27. The Hall–Kier alpha value is -2.39. The van der Waals surface area contributed by atoms with Crippen LogP contribution in [0.15, 0.2) is 60.8 Å². The van der Waals surface area contributed by atoms with Crippen LogP contribution in [0.3, 0.4) is 0 Å². The molecule has 3 aromatic rings. The predicted molar refractivity (Wildman–Crippen MR) is 76.7 cm³/mol. The summed E-state index contributed by atoms with van der Waals surface area (Å²) in [6, 6.07) is 17.5. The van der Waals surface area contributed by atoms with Crippen LogP contribution in [0.1, 0.15) is 17.2 Å². The number of hydrogen-bond acceptors (Lipinski definition) is 3. The summed E-state index contributed by atoms with van der Waals surface area (Å²) in [5.74, 6) is 0.364. The van der Waals surface area contributed by atoms with Crippen LogP contribution >= 0.6 is 0 Å². The molecule has 0 aliphatic rings. The van der Waals surface area contributed by atoms with Gasteiger partial charge in [-0.25, -0.2) is 4.98 Å². The molecule has 3 nitrogen and oxygen atoms in total.